The van der Waals surface area contributed by atoms with E-state index < -0.39 is 14.5 Å². The van der Waals surface area contributed by atoms with Gasteiger partial charge in [0.15, 0.2) is 6.35 Å². The van der Waals surface area contributed by atoms with Crippen LogP contribution < -0.4 is 0 Å². The van der Waals surface area contributed by atoms with Gasteiger partial charge in [-0.05, 0) is 19.3 Å². The van der Waals surface area contributed by atoms with E-state index in [1.807, 2.05) is 0 Å². The maximum Gasteiger partial charge on any atom is 0.673 e. The lowest BCUT2D eigenvalue weighted by Crippen LogP contribution is -2.16. The molecule has 0 aromatic heterocycles. The summed E-state index contributed by atoms with van der Waals surface area (Å²) in [4.78, 5) is 11.4. The van der Waals surface area contributed by atoms with Gasteiger partial charge in [-0.1, -0.05) is 46.6 Å². The molecule has 0 radical (unpaired) electrons. The van der Waals surface area contributed by atoms with E-state index in [0.717, 1.165) is 0 Å². The SMILES string of the molecule is C=CC(=O)OC[P+](CCCC)(CCCC)CCCC.F[B-](F)(F)F. The van der Waals surface area contributed by atoms with Crippen molar-refractivity contribution in [2.24, 2.45) is 0 Å². The van der Waals surface area contributed by atoms with E-state index in [1.54, 1.807) is 0 Å². The van der Waals surface area contributed by atoms with Crippen LogP contribution in [0.3, 0.4) is 0 Å². The number of hydrogen-bond donors (Lipinski definition) is 0. The number of esters is 1. The molecule has 0 aliphatic heterocycles. The average molecular weight is 374 g/mol. The molecule has 0 aliphatic carbocycles. The smallest absolute Gasteiger partial charge is 0.427 e. The number of carbonyl (C=O) groups excluding carboxylic acids is 1. The van der Waals surface area contributed by atoms with Crippen LogP contribution in [0.4, 0.5) is 17.3 Å². The maximum atomic E-state index is 11.4. The molecular weight excluding hydrogens is 342 g/mol. The third-order valence-corrected chi connectivity index (χ3v) is 8.08. The first-order chi connectivity index (χ1) is 11.1. The third-order valence-electron chi connectivity index (χ3n) is 3.61. The van der Waals surface area contributed by atoms with Gasteiger partial charge in [-0.3, -0.25) is 0 Å². The lowest BCUT2D eigenvalue weighted by Gasteiger charge is -2.26. The van der Waals surface area contributed by atoms with E-state index in [-0.39, 0.29) is 5.97 Å². The molecule has 0 unspecified atom stereocenters. The highest BCUT2D eigenvalue weighted by Gasteiger charge is 2.36. The van der Waals surface area contributed by atoms with Crippen LogP contribution in [-0.4, -0.2) is 38.1 Å². The minimum absolute atomic E-state index is 0.256. The second kappa shape index (κ2) is 14.7. The quantitative estimate of drug-likeness (QED) is 0.130. The second-order valence-electron chi connectivity index (χ2n) is 5.86. The molecule has 0 atom stereocenters. The van der Waals surface area contributed by atoms with Crippen molar-refractivity contribution in [2.75, 3.05) is 24.8 Å². The lowest BCUT2D eigenvalue weighted by atomic mass is 10.3. The molecule has 0 aromatic carbocycles. The Balaban J connectivity index is 0. The van der Waals surface area contributed by atoms with E-state index in [9.17, 15) is 22.1 Å². The monoisotopic (exact) mass is 374 g/mol. The van der Waals surface area contributed by atoms with E-state index in [0.29, 0.717) is 6.35 Å². The summed E-state index contributed by atoms with van der Waals surface area (Å²) < 4.78 is 44.4. The van der Waals surface area contributed by atoms with Gasteiger partial charge in [0.05, 0.1) is 25.7 Å². The van der Waals surface area contributed by atoms with Crippen molar-refractivity contribution in [3.63, 3.8) is 0 Å². The van der Waals surface area contributed by atoms with Crippen molar-refractivity contribution < 1.29 is 26.8 Å². The van der Waals surface area contributed by atoms with Gasteiger partial charge < -0.3 is 22.0 Å². The Morgan fingerprint density at radius 1 is 0.958 bits per heavy atom. The highest BCUT2D eigenvalue weighted by atomic mass is 31.2. The number of unbranched alkanes of at least 4 members (excludes halogenated alkanes) is 3. The number of carbonyl (C=O) groups is 1. The standard InChI is InChI=1S/C16H32O2P.BF4/c1-5-9-12-19(13-10-6-2,14-11-7-3)15-18-16(17)8-4;2-1(3,4)5/h8H,4-7,9-15H2,1-3H3;/q+1;-1. The largest absolute Gasteiger partial charge is 0.673 e. The van der Waals surface area contributed by atoms with Gasteiger partial charge in [0.25, 0.3) is 0 Å². The first-order valence-corrected chi connectivity index (χ1v) is 11.2. The zero-order chi connectivity index (χ0) is 19.1. The first kappa shape index (κ1) is 25.7. The Morgan fingerprint density at radius 2 is 1.29 bits per heavy atom. The minimum atomic E-state index is -6.00. The average Bonchev–Trinajstić information content (AvgIpc) is 2.51. The summed E-state index contributed by atoms with van der Waals surface area (Å²) in [5, 5.41) is 0. The number of rotatable bonds is 12. The lowest BCUT2D eigenvalue weighted by molar-refractivity contribution is -0.135. The molecule has 2 nitrogen and oxygen atoms in total. The van der Waals surface area contributed by atoms with Crippen LogP contribution in [0.5, 0.6) is 0 Å². The number of halogens is 4. The first-order valence-electron chi connectivity index (χ1n) is 8.65. The molecule has 0 spiro atoms. The Bertz CT molecular complexity index is 311. The molecule has 0 aromatic rings. The van der Waals surface area contributed by atoms with E-state index in [4.69, 9.17) is 4.74 Å². The normalized spacial score (nSPS) is 11.5. The topological polar surface area (TPSA) is 26.3 Å². The van der Waals surface area contributed by atoms with Gasteiger partial charge in [0.1, 0.15) is 0 Å². The molecule has 24 heavy (non-hydrogen) atoms. The zero-order valence-electron chi connectivity index (χ0n) is 15.2. The fraction of sp³-hybridized carbons (Fsp3) is 0.812. The third kappa shape index (κ3) is 17.8. The zero-order valence-corrected chi connectivity index (χ0v) is 16.1. The molecule has 0 bridgehead atoms. The molecule has 0 saturated heterocycles. The molecule has 0 fully saturated rings. The number of hydrogen-bond acceptors (Lipinski definition) is 2. The van der Waals surface area contributed by atoms with Crippen LogP contribution in [0.15, 0.2) is 12.7 Å². The highest BCUT2D eigenvalue weighted by molar-refractivity contribution is 7.75. The summed E-state index contributed by atoms with van der Waals surface area (Å²) in [6.07, 6.45) is 13.3. The Labute approximate surface area is 144 Å². The van der Waals surface area contributed by atoms with Crippen LogP contribution in [0.25, 0.3) is 0 Å². The highest BCUT2D eigenvalue weighted by Crippen LogP contribution is 2.60. The van der Waals surface area contributed by atoms with Gasteiger partial charge in [-0.15, -0.1) is 0 Å². The molecule has 0 amide bonds. The van der Waals surface area contributed by atoms with Crippen molar-refractivity contribution in [3.8, 4) is 0 Å². The van der Waals surface area contributed by atoms with Crippen LogP contribution in [0.1, 0.15) is 59.3 Å². The molecular formula is C16H32BF4O2P. The van der Waals surface area contributed by atoms with Crippen LogP contribution in [-0.2, 0) is 9.53 Å². The Hall–Kier alpha value is -0.575. The van der Waals surface area contributed by atoms with E-state index in [1.165, 1.54) is 63.1 Å². The van der Waals surface area contributed by atoms with Gasteiger partial charge in [-0.25, -0.2) is 4.79 Å². The summed E-state index contributed by atoms with van der Waals surface area (Å²) in [6.45, 7) is 10.2. The summed E-state index contributed by atoms with van der Waals surface area (Å²) in [5.74, 6) is -0.256. The maximum absolute atomic E-state index is 11.4. The fourth-order valence-electron chi connectivity index (χ4n) is 2.27. The molecule has 0 N–H and O–H groups in total. The predicted molar refractivity (Wildman–Crippen MR) is 97.6 cm³/mol. The van der Waals surface area contributed by atoms with Crippen molar-refractivity contribution in [2.45, 2.75) is 59.3 Å². The van der Waals surface area contributed by atoms with E-state index in [2.05, 4.69) is 27.4 Å². The molecule has 0 rings (SSSR count). The number of ether oxygens (including phenoxy) is 1. The van der Waals surface area contributed by atoms with Gasteiger partial charge >= 0.3 is 13.2 Å². The van der Waals surface area contributed by atoms with Crippen LogP contribution in [0.2, 0.25) is 0 Å². The molecule has 8 heteroatoms. The molecule has 0 aliphatic rings. The van der Waals surface area contributed by atoms with Crippen LogP contribution in [0, 0.1) is 0 Å². The Kier molecular flexibility index (Phi) is 15.8. The minimum Gasteiger partial charge on any atom is -0.427 e. The molecule has 144 valence electrons. The van der Waals surface area contributed by atoms with Gasteiger partial charge in [-0.2, -0.15) is 0 Å². The van der Waals surface area contributed by atoms with E-state index >= 15 is 0 Å². The molecule has 0 heterocycles. The van der Waals surface area contributed by atoms with Crippen molar-refractivity contribution in [3.05, 3.63) is 12.7 Å². The van der Waals surface area contributed by atoms with Gasteiger partial charge in [0, 0.05) is 6.08 Å². The fourth-order valence-corrected chi connectivity index (χ4v) is 6.69. The molecule has 0 saturated carbocycles. The summed E-state index contributed by atoms with van der Waals surface area (Å²) >= 11 is 0. The van der Waals surface area contributed by atoms with Crippen LogP contribution >= 0.6 is 7.26 Å². The van der Waals surface area contributed by atoms with Crippen molar-refractivity contribution >= 4 is 20.5 Å². The summed E-state index contributed by atoms with van der Waals surface area (Å²) in [5.41, 5.74) is 0. The predicted octanol–water partition coefficient (Wildman–Crippen LogP) is 6.39. The van der Waals surface area contributed by atoms with Gasteiger partial charge in [0.2, 0.25) is 0 Å². The summed E-state index contributed by atoms with van der Waals surface area (Å²) in [7, 11) is -7.10. The second-order valence-corrected chi connectivity index (χ2v) is 10.1. The Morgan fingerprint density at radius 3 is 1.54 bits per heavy atom. The van der Waals surface area contributed by atoms with Crippen molar-refractivity contribution in [1.29, 1.82) is 0 Å². The van der Waals surface area contributed by atoms with Crippen molar-refractivity contribution in [1.82, 2.24) is 0 Å². The summed E-state index contributed by atoms with van der Waals surface area (Å²) in [6, 6.07) is 0.